The fraction of sp³-hybridized carbons (Fsp3) is 0.636. The van der Waals surface area contributed by atoms with Gasteiger partial charge in [0.1, 0.15) is 5.15 Å². The Balaban J connectivity index is 2.52. The molecule has 0 atom stereocenters. The highest BCUT2D eigenvalue weighted by Gasteiger charge is 2.39. The van der Waals surface area contributed by atoms with Crippen molar-refractivity contribution in [2.75, 3.05) is 14.2 Å². The molecule has 1 saturated carbocycles. The Labute approximate surface area is 105 Å². The summed E-state index contributed by atoms with van der Waals surface area (Å²) in [6.07, 6.45) is 3.22. The van der Waals surface area contributed by atoms with Gasteiger partial charge in [0.05, 0.1) is 25.4 Å². The molecule has 94 valence electrons. The maximum absolute atomic E-state index is 10.5. The normalized spacial score (nSPS) is 18.1. The number of nitrogens with zero attached hydrogens (tertiary/aromatic N) is 2. The number of aromatic nitrogens is 2. The summed E-state index contributed by atoms with van der Waals surface area (Å²) in [6, 6.07) is 0.136. The molecule has 0 amide bonds. The predicted octanol–water partition coefficient (Wildman–Crippen LogP) is 1.91. The lowest BCUT2D eigenvalue weighted by atomic mass is 9.94. The molecule has 6 heteroatoms. The van der Waals surface area contributed by atoms with E-state index in [1.807, 2.05) is 0 Å². The van der Waals surface area contributed by atoms with Crippen LogP contribution in [0.15, 0.2) is 0 Å². The fourth-order valence-electron chi connectivity index (χ4n) is 2.24. The van der Waals surface area contributed by atoms with Gasteiger partial charge in [-0.1, -0.05) is 24.4 Å². The topological polar surface area (TPSA) is 64.5 Å². The molecule has 0 bridgehead atoms. The van der Waals surface area contributed by atoms with Gasteiger partial charge in [-0.05, 0) is 12.8 Å². The molecule has 0 aromatic carbocycles. The van der Waals surface area contributed by atoms with Gasteiger partial charge in [0.15, 0.2) is 0 Å². The zero-order valence-electron chi connectivity index (χ0n) is 9.86. The Morgan fingerprint density at radius 2 is 1.82 bits per heavy atom. The maximum Gasteiger partial charge on any atom is 0.320 e. The van der Waals surface area contributed by atoms with Crippen molar-refractivity contribution in [2.24, 2.45) is 0 Å². The number of hydrogen-bond acceptors (Lipinski definition) is 5. The van der Waals surface area contributed by atoms with E-state index in [1.165, 1.54) is 14.2 Å². The van der Waals surface area contributed by atoms with Crippen LogP contribution >= 0.6 is 11.6 Å². The van der Waals surface area contributed by atoms with Crippen molar-refractivity contribution in [2.45, 2.75) is 31.3 Å². The Bertz CT molecular complexity index is 419. The van der Waals surface area contributed by atoms with Crippen molar-refractivity contribution in [3.63, 3.8) is 0 Å². The lowest BCUT2D eigenvalue weighted by Gasteiger charge is -2.24. The van der Waals surface area contributed by atoms with Crippen LogP contribution in [-0.4, -0.2) is 29.3 Å². The fourth-order valence-corrected chi connectivity index (χ4v) is 2.56. The van der Waals surface area contributed by atoms with E-state index < -0.39 is 5.60 Å². The number of ether oxygens (including phenoxy) is 2. The standard InChI is InChI=1S/C11H15ClN2O3/c1-16-9-7(11(15)5-3-4-6-11)8(12)13-10(14-9)17-2/h15H,3-6H2,1-2H3. The van der Waals surface area contributed by atoms with Crippen LogP contribution in [0.4, 0.5) is 0 Å². The zero-order valence-corrected chi connectivity index (χ0v) is 10.6. The minimum atomic E-state index is -0.977. The Hall–Kier alpha value is -1.07. The zero-order chi connectivity index (χ0) is 12.5. The second-order valence-corrected chi connectivity index (χ2v) is 4.48. The van der Waals surface area contributed by atoms with Crippen molar-refractivity contribution < 1.29 is 14.6 Å². The van der Waals surface area contributed by atoms with Crippen molar-refractivity contribution in [3.8, 4) is 11.9 Å². The summed E-state index contributed by atoms with van der Waals surface area (Å²) >= 11 is 6.09. The number of rotatable bonds is 3. The molecule has 0 spiro atoms. The predicted molar refractivity (Wildman–Crippen MR) is 62.5 cm³/mol. The third-order valence-corrected chi connectivity index (χ3v) is 3.36. The first kappa shape index (κ1) is 12.4. The van der Waals surface area contributed by atoms with E-state index in [9.17, 15) is 5.11 Å². The summed E-state index contributed by atoms with van der Waals surface area (Å²) < 4.78 is 10.1. The summed E-state index contributed by atoms with van der Waals surface area (Å²) in [5, 5.41) is 10.7. The average Bonchev–Trinajstić information content (AvgIpc) is 2.75. The van der Waals surface area contributed by atoms with Crippen LogP contribution in [0.25, 0.3) is 0 Å². The molecule has 17 heavy (non-hydrogen) atoms. The minimum Gasteiger partial charge on any atom is -0.481 e. The largest absolute Gasteiger partial charge is 0.481 e. The molecule has 1 aliphatic carbocycles. The second-order valence-electron chi connectivity index (χ2n) is 4.12. The van der Waals surface area contributed by atoms with Crippen LogP contribution < -0.4 is 9.47 Å². The van der Waals surface area contributed by atoms with Crippen molar-refractivity contribution >= 4 is 11.6 Å². The van der Waals surface area contributed by atoms with Crippen LogP contribution in [0.3, 0.4) is 0 Å². The van der Waals surface area contributed by atoms with Crippen molar-refractivity contribution in [3.05, 3.63) is 10.7 Å². The van der Waals surface area contributed by atoms with Crippen LogP contribution in [0.1, 0.15) is 31.2 Å². The summed E-state index contributed by atoms with van der Waals surface area (Å²) in [4.78, 5) is 8.04. The first-order valence-electron chi connectivity index (χ1n) is 5.49. The summed E-state index contributed by atoms with van der Waals surface area (Å²) in [6.45, 7) is 0. The highest BCUT2D eigenvalue weighted by atomic mass is 35.5. The van der Waals surface area contributed by atoms with Gasteiger partial charge in [0.2, 0.25) is 5.88 Å². The van der Waals surface area contributed by atoms with Gasteiger partial charge in [-0.2, -0.15) is 9.97 Å². The van der Waals surface area contributed by atoms with E-state index >= 15 is 0 Å². The minimum absolute atomic E-state index is 0.136. The highest BCUT2D eigenvalue weighted by molar-refractivity contribution is 6.30. The molecule has 0 unspecified atom stereocenters. The number of halogens is 1. The molecule has 1 aromatic heterocycles. The van der Waals surface area contributed by atoms with Gasteiger partial charge in [0.25, 0.3) is 0 Å². The molecule has 5 nitrogen and oxygen atoms in total. The molecule has 1 heterocycles. The molecule has 0 radical (unpaired) electrons. The molecule has 1 N–H and O–H groups in total. The summed E-state index contributed by atoms with van der Waals surface area (Å²) in [7, 11) is 2.94. The van der Waals surface area contributed by atoms with Crippen LogP contribution in [0.5, 0.6) is 11.9 Å². The molecule has 0 saturated heterocycles. The lowest BCUT2D eigenvalue weighted by molar-refractivity contribution is 0.0408. The molecule has 1 aliphatic rings. The van der Waals surface area contributed by atoms with Crippen LogP contribution in [0, 0.1) is 0 Å². The average molecular weight is 259 g/mol. The highest BCUT2D eigenvalue weighted by Crippen LogP contribution is 2.44. The molecule has 0 aliphatic heterocycles. The molecular weight excluding hydrogens is 244 g/mol. The first-order valence-corrected chi connectivity index (χ1v) is 5.87. The van der Waals surface area contributed by atoms with Gasteiger partial charge in [-0.3, -0.25) is 0 Å². The van der Waals surface area contributed by atoms with E-state index in [-0.39, 0.29) is 17.0 Å². The molecular formula is C11H15ClN2O3. The van der Waals surface area contributed by atoms with Crippen LogP contribution in [0.2, 0.25) is 5.15 Å². The van der Waals surface area contributed by atoms with Crippen molar-refractivity contribution in [1.82, 2.24) is 9.97 Å². The van der Waals surface area contributed by atoms with Crippen LogP contribution in [-0.2, 0) is 5.60 Å². The van der Waals surface area contributed by atoms with E-state index in [2.05, 4.69) is 9.97 Å². The third kappa shape index (κ3) is 2.17. The van der Waals surface area contributed by atoms with E-state index in [0.717, 1.165) is 12.8 Å². The number of methoxy groups -OCH3 is 2. The van der Waals surface area contributed by atoms with Crippen molar-refractivity contribution in [1.29, 1.82) is 0 Å². The van der Waals surface area contributed by atoms with Gasteiger partial charge < -0.3 is 14.6 Å². The quantitative estimate of drug-likeness (QED) is 0.839. The van der Waals surface area contributed by atoms with E-state index in [4.69, 9.17) is 21.1 Å². The molecule has 2 rings (SSSR count). The summed E-state index contributed by atoms with van der Waals surface area (Å²) in [5.74, 6) is 0.284. The number of aliphatic hydroxyl groups is 1. The van der Waals surface area contributed by atoms with Gasteiger partial charge in [0, 0.05) is 0 Å². The van der Waals surface area contributed by atoms with Gasteiger partial charge >= 0.3 is 6.01 Å². The summed E-state index contributed by atoms with van der Waals surface area (Å²) in [5.41, 5.74) is -0.505. The third-order valence-electron chi connectivity index (χ3n) is 3.08. The maximum atomic E-state index is 10.5. The Kier molecular flexibility index (Phi) is 3.40. The molecule has 1 aromatic rings. The van der Waals surface area contributed by atoms with E-state index in [1.54, 1.807) is 0 Å². The lowest BCUT2D eigenvalue weighted by Crippen LogP contribution is -2.23. The Morgan fingerprint density at radius 1 is 1.18 bits per heavy atom. The first-order chi connectivity index (χ1) is 8.10. The number of hydrogen-bond donors (Lipinski definition) is 1. The van der Waals surface area contributed by atoms with Gasteiger partial charge in [-0.25, -0.2) is 0 Å². The smallest absolute Gasteiger partial charge is 0.320 e. The Morgan fingerprint density at radius 3 is 2.35 bits per heavy atom. The van der Waals surface area contributed by atoms with Gasteiger partial charge in [-0.15, -0.1) is 0 Å². The van der Waals surface area contributed by atoms with E-state index in [0.29, 0.717) is 18.4 Å². The molecule has 1 fully saturated rings. The SMILES string of the molecule is COc1nc(Cl)c(C2(O)CCCC2)c(OC)n1. The second kappa shape index (κ2) is 4.66. The monoisotopic (exact) mass is 258 g/mol.